The zero-order valence-electron chi connectivity index (χ0n) is 7.31. The van der Waals surface area contributed by atoms with E-state index in [0.717, 1.165) is 17.6 Å². The van der Waals surface area contributed by atoms with Crippen LogP contribution in [-0.2, 0) is 6.42 Å². The van der Waals surface area contributed by atoms with Crippen LogP contribution in [-0.4, -0.2) is 5.88 Å². The van der Waals surface area contributed by atoms with E-state index < -0.39 is 0 Å². The molecule has 1 heteroatoms. The van der Waals surface area contributed by atoms with Crippen LogP contribution in [0.2, 0.25) is 0 Å². The molecule has 0 N–H and O–H groups in total. The van der Waals surface area contributed by atoms with Crippen LogP contribution in [0.15, 0.2) is 30.8 Å². The summed E-state index contributed by atoms with van der Waals surface area (Å²) in [6, 6.07) is 8.38. The third-order valence-electron chi connectivity index (χ3n) is 1.93. The van der Waals surface area contributed by atoms with E-state index in [1.807, 2.05) is 0 Å². The van der Waals surface area contributed by atoms with Crippen molar-refractivity contribution in [3.63, 3.8) is 0 Å². The van der Waals surface area contributed by atoms with Crippen LogP contribution in [0.4, 0.5) is 0 Å². The third-order valence-corrected chi connectivity index (χ3v) is 2.25. The van der Waals surface area contributed by atoms with E-state index in [9.17, 15) is 0 Å². The average molecular weight is 181 g/mol. The van der Waals surface area contributed by atoms with E-state index in [1.54, 1.807) is 0 Å². The van der Waals surface area contributed by atoms with Gasteiger partial charge in [0, 0.05) is 5.88 Å². The number of benzene rings is 1. The molecule has 64 valence electrons. The molecular formula is C11H13Cl. The van der Waals surface area contributed by atoms with Crippen molar-refractivity contribution in [3.8, 4) is 0 Å². The number of allylic oxidation sites excluding steroid dienone is 1. The molecule has 0 saturated heterocycles. The van der Waals surface area contributed by atoms with Gasteiger partial charge in [0.05, 0.1) is 0 Å². The maximum absolute atomic E-state index is 5.66. The van der Waals surface area contributed by atoms with Crippen LogP contribution < -0.4 is 0 Å². The van der Waals surface area contributed by atoms with Crippen molar-refractivity contribution in [2.45, 2.75) is 13.3 Å². The predicted octanol–water partition coefficient (Wildman–Crippen LogP) is 3.50. The molecule has 1 aromatic carbocycles. The number of rotatable bonds is 3. The minimum absolute atomic E-state index is 0.505. The quantitative estimate of drug-likeness (QED) is 0.625. The first-order valence-corrected chi connectivity index (χ1v) is 4.64. The van der Waals surface area contributed by atoms with Crippen molar-refractivity contribution in [3.05, 3.63) is 42.0 Å². The summed E-state index contributed by atoms with van der Waals surface area (Å²) in [6.07, 6.45) is 1.08. The fourth-order valence-corrected chi connectivity index (χ4v) is 1.21. The van der Waals surface area contributed by atoms with Crippen molar-refractivity contribution in [1.82, 2.24) is 0 Å². The molecule has 0 aliphatic carbocycles. The van der Waals surface area contributed by atoms with Crippen LogP contribution in [0.5, 0.6) is 0 Å². The summed E-state index contributed by atoms with van der Waals surface area (Å²) in [5.41, 5.74) is 3.47. The van der Waals surface area contributed by atoms with Crippen LogP contribution in [0.1, 0.15) is 18.1 Å². The van der Waals surface area contributed by atoms with Crippen LogP contribution in [0, 0.1) is 0 Å². The van der Waals surface area contributed by atoms with Gasteiger partial charge in [0.1, 0.15) is 0 Å². The molecular weight excluding hydrogens is 168 g/mol. The maximum atomic E-state index is 5.66. The molecule has 0 radical (unpaired) electrons. The predicted molar refractivity (Wildman–Crippen MR) is 55.6 cm³/mol. The summed E-state index contributed by atoms with van der Waals surface area (Å²) < 4.78 is 0. The second-order valence-electron chi connectivity index (χ2n) is 2.79. The van der Waals surface area contributed by atoms with Gasteiger partial charge in [-0.05, 0) is 23.1 Å². The summed E-state index contributed by atoms with van der Waals surface area (Å²) in [4.78, 5) is 0. The zero-order valence-corrected chi connectivity index (χ0v) is 8.06. The Morgan fingerprint density at radius 3 is 2.33 bits per heavy atom. The standard InChI is InChI=1S/C11H13Cl/c1-3-10-4-6-11(7-5-10)9(2)8-12/h4-7H,2-3,8H2,1H3. The van der Waals surface area contributed by atoms with E-state index >= 15 is 0 Å². The highest BCUT2D eigenvalue weighted by atomic mass is 35.5. The van der Waals surface area contributed by atoms with Gasteiger partial charge in [-0.15, -0.1) is 11.6 Å². The molecule has 0 aliphatic rings. The minimum atomic E-state index is 0.505. The average Bonchev–Trinajstić information content (AvgIpc) is 2.17. The minimum Gasteiger partial charge on any atom is -0.122 e. The lowest BCUT2D eigenvalue weighted by Crippen LogP contribution is -1.85. The van der Waals surface area contributed by atoms with E-state index in [-0.39, 0.29) is 0 Å². The summed E-state index contributed by atoms with van der Waals surface area (Å²) in [5, 5.41) is 0. The van der Waals surface area contributed by atoms with Crippen LogP contribution in [0.25, 0.3) is 5.57 Å². The monoisotopic (exact) mass is 180 g/mol. The smallest absolute Gasteiger partial charge is 0.0474 e. The number of hydrogen-bond acceptors (Lipinski definition) is 0. The normalized spacial score (nSPS) is 9.83. The first-order chi connectivity index (χ1) is 5.77. The lowest BCUT2D eigenvalue weighted by molar-refractivity contribution is 1.14. The Labute approximate surface area is 78.9 Å². The maximum Gasteiger partial charge on any atom is 0.0474 e. The van der Waals surface area contributed by atoms with E-state index in [4.69, 9.17) is 11.6 Å². The van der Waals surface area contributed by atoms with Crippen molar-refractivity contribution < 1.29 is 0 Å². The lowest BCUT2D eigenvalue weighted by Gasteiger charge is -2.02. The van der Waals surface area contributed by atoms with Gasteiger partial charge in [0.25, 0.3) is 0 Å². The SMILES string of the molecule is C=C(CCl)c1ccc(CC)cc1. The van der Waals surface area contributed by atoms with Gasteiger partial charge in [-0.3, -0.25) is 0 Å². The Morgan fingerprint density at radius 1 is 1.33 bits per heavy atom. The number of aryl methyl sites for hydroxylation is 1. The number of hydrogen-bond donors (Lipinski definition) is 0. The molecule has 0 bridgehead atoms. The molecule has 0 amide bonds. The van der Waals surface area contributed by atoms with Crippen molar-refractivity contribution in [1.29, 1.82) is 0 Å². The highest BCUT2D eigenvalue weighted by Crippen LogP contribution is 2.14. The molecule has 0 fully saturated rings. The molecule has 0 aliphatic heterocycles. The second kappa shape index (κ2) is 4.32. The van der Waals surface area contributed by atoms with Crippen LogP contribution >= 0.6 is 11.6 Å². The zero-order chi connectivity index (χ0) is 8.97. The molecule has 1 aromatic rings. The largest absolute Gasteiger partial charge is 0.122 e. The Kier molecular flexibility index (Phi) is 3.36. The fraction of sp³-hybridized carbons (Fsp3) is 0.273. The van der Waals surface area contributed by atoms with Crippen molar-refractivity contribution >= 4 is 17.2 Å². The topological polar surface area (TPSA) is 0 Å². The molecule has 12 heavy (non-hydrogen) atoms. The van der Waals surface area contributed by atoms with Gasteiger partial charge < -0.3 is 0 Å². The van der Waals surface area contributed by atoms with Gasteiger partial charge >= 0.3 is 0 Å². The van der Waals surface area contributed by atoms with E-state index in [2.05, 4.69) is 37.8 Å². The highest BCUT2D eigenvalue weighted by molar-refractivity contribution is 6.23. The molecule has 1 rings (SSSR count). The molecule has 0 spiro atoms. The highest BCUT2D eigenvalue weighted by Gasteiger charge is 1.96. The Bertz CT molecular complexity index is 259. The third kappa shape index (κ3) is 2.12. The van der Waals surface area contributed by atoms with Crippen molar-refractivity contribution in [2.75, 3.05) is 5.88 Å². The van der Waals surface area contributed by atoms with Gasteiger partial charge in [0.15, 0.2) is 0 Å². The van der Waals surface area contributed by atoms with E-state index in [1.165, 1.54) is 5.56 Å². The Hall–Kier alpha value is -0.750. The number of alkyl halides is 1. The molecule has 0 heterocycles. The number of halogens is 1. The molecule has 0 aromatic heterocycles. The molecule has 0 nitrogen and oxygen atoms in total. The van der Waals surface area contributed by atoms with Gasteiger partial charge in [-0.25, -0.2) is 0 Å². The molecule has 0 unspecified atom stereocenters. The lowest BCUT2D eigenvalue weighted by atomic mass is 10.1. The molecule has 0 atom stereocenters. The second-order valence-corrected chi connectivity index (χ2v) is 3.05. The van der Waals surface area contributed by atoms with Crippen molar-refractivity contribution in [2.24, 2.45) is 0 Å². The van der Waals surface area contributed by atoms with Crippen LogP contribution in [0.3, 0.4) is 0 Å². The first-order valence-electron chi connectivity index (χ1n) is 4.11. The van der Waals surface area contributed by atoms with Gasteiger partial charge in [-0.2, -0.15) is 0 Å². The molecule has 0 saturated carbocycles. The summed E-state index contributed by atoms with van der Waals surface area (Å²) in [7, 11) is 0. The Balaban J connectivity index is 2.84. The Morgan fingerprint density at radius 2 is 1.92 bits per heavy atom. The van der Waals surface area contributed by atoms with Gasteiger partial charge in [0.2, 0.25) is 0 Å². The summed E-state index contributed by atoms with van der Waals surface area (Å²) in [5.74, 6) is 0.505. The van der Waals surface area contributed by atoms with E-state index in [0.29, 0.717) is 5.88 Å². The summed E-state index contributed by atoms with van der Waals surface area (Å²) >= 11 is 5.66. The van der Waals surface area contributed by atoms with Gasteiger partial charge in [-0.1, -0.05) is 37.8 Å². The summed E-state index contributed by atoms with van der Waals surface area (Å²) in [6.45, 7) is 6.01. The first kappa shape index (κ1) is 9.34. The fourth-order valence-electron chi connectivity index (χ4n) is 1.05.